The first kappa shape index (κ1) is 12.1. The van der Waals surface area contributed by atoms with E-state index in [1.54, 1.807) is 6.07 Å². The molecule has 0 saturated carbocycles. The summed E-state index contributed by atoms with van der Waals surface area (Å²) in [5, 5.41) is 21.6. The molecule has 18 heavy (non-hydrogen) atoms. The maximum atomic E-state index is 11.0. The van der Waals surface area contributed by atoms with Gasteiger partial charge in [0.15, 0.2) is 17.2 Å². The van der Waals surface area contributed by atoms with E-state index in [0.29, 0.717) is 0 Å². The Morgan fingerprint density at radius 3 is 2.56 bits per heavy atom. The van der Waals surface area contributed by atoms with E-state index in [1.165, 1.54) is 12.3 Å². The van der Waals surface area contributed by atoms with Crippen LogP contribution in [0.1, 0.15) is 21.0 Å². The van der Waals surface area contributed by atoms with Crippen LogP contribution in [0, 0.1) is 0 Å². The van der Waals surface area contributed by atoms with Crippen LogP contribution in [-0.2, 0) is 0 Å². The van der Waals surface area contributed by atoms with Crippen molar-refractivity contribution in [2.24, 2.45) is 0 Å². The van der Waals surface area contributed by atoms with E-state index in [1.807, 2.05) is 0 Å². The van der Waals surface area contributed by atoms with Crippen molar-refractivity contribution in [1.29, 1.82) is 0 Å². The van der Waals surface area contributed by atoms with Gasteiger partial charge in [0.1, 0.15) is 0 Å². The molecule has 0 atom stereocenters. The molecule has 2 aromatic rings. The second kappa shape index (κ2) is 4.46. The Labute approximate surface area is 105 Å². The smallest absolute Gasteiger partial charge is 0.356 e. The second-order valence-electron chi connectivity index (χ2n) is 3.25. The van der Waals surface area contributed by atoms with E-state index in [0.717, 1.165) is 10.7 Å². The SMILES string of the molecule is O=C(O)c1cc(C(=O)O)n(-c2ncccc2Cl)n1. The van der Waals surface area contributed by atoms with Crippen molar-refractivity contribution in [3.63, 3.8) is 0 Å². The van der Waals surface area contributed by atoms with E-state index in [9.17, 15) is 9.59 Å². The fourth-order valence-corrected chi connectivity index (χ4v) is 1.53. The first-order chi connectivity index (χ1) is 8.50. The predicted octanol–water partition coefficient (Wildman–Crippen LogP) is 1.32. The van der Waals surface area contributed by atoms with E-state index in [2.05, 4.69) is 10.1 Å². The normalized spacial score (nSPS) is 10.3. The Balaban J connectivity index is 2.67. The van der Waals surface area contributed by atoms with Crippen LogP contribution in [0.25, 0.3) is 5.82 Å². The summed E-state index contributed by atoms with van der Waals surface area (Å²) in [5.74, 6) is -2.59. The first-order valence-corrected chi connectivity index (χ1v) is 5.06. The summed E-state index contributed by atoms with van der Waals surface area (Å²) < 4.78 is 0.883. The molecule has 92 valence electrons. The molecule has 8 heteroatoms. The molecule has 0 spiro atoms. The molecule has 2 N–H and O–H groups in total. The Bertz CT molecular complexity index is 638. The average molecular weight is 268 g/mol. The van der Waals surface area contributed by atoms with Gasteiger partial charge < -0.3 is 10.2 Å². The van der Waals surface area contributed by atoms with Crippen LogP contribution in [-0.4, -0.2) is 36.9 Å². The highest BCUT2D eigenvalue weighted by Crippen LogP contribution is 2.19. The van der Waals surface area contributed by atoms with Gasteiger partial charge in [0, 0.05) is 12.3 Å². The lowest BCUT2D eigenvalue weighted by Gasteiger charge is -2.04. The molecule has 0 aliphatic heterocycles. The number of hydrogen-bond donors (Lipinski definition) is 2. The largest absolute Gasteiger partial charge is 0.477 e. The Morgan fingerprint density at radius 1 is 1.28 bits per heavy atom. The highest BCUT2D eigenvalue weighted by Gasteiger charge is 2.20. The molecule has 0 aromatic carbocycles. The number of nitrogens with zero attached hydrogens (tertiary/aromatic N) is 3. The Hall–Kier alpha value is -2.41. The minimum Gasteiger partial charge on any atom is -0.477 e. The summed E-state index contributed by atoms with van der Waals surface area (Å²) >= 11 is 5.86. The van der Waals surface area contributed by atoms with Crippen LogP contribution in [0.4, 0.5) is 0 Å². The number of rotatable bonds is 3. The molecular weight excluding hydrogens is 262 g/mol. The number of carbonyl (C=O) groups is 2. The fraction of sp³-hybridized carbons (Fsp3) is 0. The van der Waals surface area contributed by atoms with E-state index in [-0.39, 0.29) is 16.5 Å². The molecule has 7 nitrogen and oxygen atoms in total. The number of aromatic carboxylic acids is 2. The van der Waals surface area contributed by atoms with Crippen LogP contribution < -0.4 is 0 Å². The lowest BCUT2D eigenvalue weighted by atomic mass is 10.3. The number of halogens is 1. The molecule has 0 bridgehead atoms. The number of hydrogen-bond acceptors (Lipinski definition) is 4. The van der Waals surface area contributed by atoms with Gasteiger partial charge >= 0.3 is 11.9 Å². The zero-order chi connectivity index (χ0) is 13.3. The molecule has 0 unspecified atom stereocenters. The highest BCUT2D eigenvalue weighted by molar-refractivity contribution is 6.32. The number of carboxylic acid groups (broad SMARTS) is 2. The van der Waals surface area contributed by atoms with Crippen molar-refractivity contribution >= 4 is 23.5 Å². The van der Waals surface area contributed by atoms with Crippen LogP contribution in [0.5, 0.6) is 0 Å². The molecule has 0 amide bonds. The first-order valence-electron chi connectivity index (χ1n) is 4.68. The van der Waals surface area contributed by atoms with Crippen molar-refractivity contribution in [2.75, 3.05) is 0 Å². The van der Waals surface area contributed by atoms with E-state index >= 15 is 0 Å². The van der Waals surface area contributed by atoms with Gasteiger partial charge in [-0.05, 0) is 12.1 Å². The van der Waals surface area contributed by atoms with E-state index < -0.39 is 17.6 Å². The molecule has 0 radical (unpaired) electrons. The maximum absolute atomic E-state index is 11.0. The number of pyridine rings is 1. The summed E-state index contributed by atoms with van der Waals surface area (Å²) in [6, 6.07) is 4.00. The van der Waals surface area contributed by atoms with E-state index in [4.69, 9.17) is 21.8 Å². The number of carboxylic acids is 2. The topological polar surface area (TPSA) is 105 Å². The average Bonchev–Trinajstić information content (AvgIpc) is 2.74. The minimum atomic E-state index is -1.33. The Morgan fingerprint density at radius 2 is 2.00 bits per heavy atom. The van der Waals surface area contributed by atoms with Crippen molar-refractivity contribution in [2.45, 2.75) is 0 Å². The van der Waals surface area contributed by atoms with Gasteiger partial charge in [0.2, 0.25) is 0 Å². The highest BCUT2D eigenvalue weighted by atomic mass is 35.5. The van der Waals surface area contributed by atoms with Crippen LogP contribution >= 0.6 is 11.6 Å². The molecule has 2 aromatic heterocycles. The third kappa shape index (κ3) is 2.03. The van der Waals surface area contributed by atoms with Gasteiger partial charge in [-0.3, -0.25) is 0 Å². The van der Waals surface area contributed by atoms with Crippen LogP contribution in [0.15, 0.2) is 24.4 Å². The lowest BCUT2D eigenvalue weighted by Crippen LogP contribution is -2.10. The van der Waals surface area contributed by atoms with Gasteiger partial charge in [-0.25, -0.2) is 19.3 Å². The summed E-state index contributed by atoms with van der Waals surface area (Å²) in [6.45, 7) is 0. The van der Waals surface area contributed by atoms with Gasteiger partial charge in [-0.1, -0.05) is 11.6 Å². The third-order valence-electron chi connectivity index (χ3n) is 2.09. The molecule has 0 aliphatic carbocycles. The summed E-state index contributed by atoms with van der Waals surface area (Å²) in [4.78, 5) is 25.7. The summed E-state index contributed by atoms with van der Waals surface area (Å²) in [6.07, 6.45) is 1.40. The molecular formula is C10H6ClN3O4. The lowest BCUT2D eigenvalue weighted by molar-refractivity contribution is 0.0679. The van der Waals surface area contributed by atoms with Gasteiger partial charge in [-0.2, -0.15) is 5.10 Å². The van der Waals surface area contributed by atoms with Crippen LogP contribution in [0.2, 0.25) is 5.02 Å². The standard InChI is InChI=1S/C10H6ClN3O4/c11-5-2-1-3-12-8(5)14-7(10(17)18)4-6(13-14)9(15)16/h1-4H,(H,15,16)(H,17,18). The molecule has 0 fully saturated rings. The monoisotopic (exact) mass is 267 g/mol. The Kier molecular flexibility index (Phi) is 2.99. The van der Waals surface area contributed by atoms with Gasteiger partial charge in [0.25, 0.3) is 0 Å². The zero-order valence-corrected chi connectivity index (χ0v) is 9.50. The predicted molar refractivity (Wildman–Crippen MR) is 60.3 cm³/mol. The summed E-state index contributed by atoms with van der Waals surface area (Å²) in [5.41, 5.74) is -0.720. The van der Waals surface area contributed by atoms with Crippen molar-refractivity contribution in [3.8, 4) is 5.82 Å². The zero-order valence-electron chi connectivity index (χ0n) is 8.74. The molecule has 2 heterocycles. The second-order valence-corrected chi connectivity index (χ2v) is 3.65. The summed E-state index contributed by atoms with van der Waals surface area (Å²) in [7, 11) is 0. The van der Waals surface area contributed by atoms with Crippen LogP contribution in [0.3, 0.4) is 0 Å². The van der Waals surface area contributed by atoms with Gasteiger partial charge in [0.05, 0.1) is 5.02 Å². The van der Waals surface area contributed by atoms with Gasteiger partial charge in [-0.15, -0.1) is 0 Å². The molecule has 0 saturated heterocycles. The number of aromatic nitrogens is 3. The van der Waals surface area contributed by atoms with Crippen molar-refractivity contribution in [1.82, 2.24) is 14.8 Å². The quantitative estimate of drug-likeness (QED) is 0.869. The van der Waals surface area contributed by atoms with Crippen molar-refractivity contribution < 1.29 is 19.8 Å². The van der Waals surface area contributed by atoms with Crippen molar-refractivity contribution in [3.05, 3.63) is 40.8 Å². The third-order valence-corrected chi connectivity index (χ3v) is 2.38. The maximum Gasteiger partial charge on any atom is 0.356 e. The molecule has 2 rings (SSSR count). The minimum absolute atomic E-state index is 0.0593. The fourth-order valence-electron chi connectivity index (χ4n) is 1.33. The molecule has 0 aliphatic rings.